The highest BCUT2D eigenvalue weighted by atomic mass is 35.5. The van der Waals surface area contributed by atoms with E-state index in [0.717, 1.165) is 4.31 Å². The number of rotatable bonds is 7. The highest BCUT2D eigenvalue weighted by Crippen LogP contribution is 2.31. The third kappa shape index (κ3) is 4.55. The first kappa shape index (κ1) is 18.2. The highest BCUT2D eigenvalue weighted by Gasteiger charge is 2.28. The lowest BCUT2D eigenvalue weighted by Crippen LogP contribution is -2.38. The Morgan fingerprint density at radius 2 is 2.05 bits per heavy atom. The Balaban J connectivity index is 2.91. The minimum absolute atomic E-state index is 0.0512. The number of sulfonamides is 1. The Morgan fingerprint density at radius 1 is 1.43 bits per heavy atom. The predicted molar refractivity (Wildman–Crippen MR) is 79.3 cm³/mol. The minimum Gasteiger partial charge on any atom is -0.480 e. The fraction of sp³-hybridized carbons (Fsp3) is 0.417. The number of benzene rings is 1. The number of aliphatic carboxylic acids is 1. The zero-order chi connectivity index (χ0) is 16.2. The second kappa shape index (κ2) is 7.42. The number of nitrogens with zero attached hydrogens (tertiary/aromatic N) is 1. The Hall–Kier alpha value is -0.860. The molecule has 9 heteroatoms. The van der Waals surface area contributed by atoms with Crippen molar-refractivity contribution < 1.29 is 23.1 Å². The fourth-order valence-electron chi connectivity index (χ4n) is 1.50. The topological polar surface area (TPSA) is 83.9 Å². The van der Waals surface area contributed by atoms with Crippen LogP contribution in [-0.4, -0.2) is 50.1 Å². The summed E-state index contributed by atoms with van der Waals surface area (Å²) in [6.07, 6.45) is 0. The molecule has 0 aliphatic carbocycles. The van der Waals surface area contributed by atoms with Crippen LogP contribution in [0.3, 0.4) is 0 Å². The van der Waals surface area contributed by atoms with Crippen LogP contribution in [-0.2, 0) is 19.6 Å². The van der Waals surface area contributed by atoms with Gasteiger partial charge in [0.2, 0.25) is 10.0 Å². The quantitative estimate of drug-likeness (QED) is 0.809. The molecule has 0 amide bonds. The summed E-state index contributed by atoms with van der Waals surface area (Å²) in [7, 11) is -2.49. The van der Waals surface area contributed by atoms with Crippen molar-refractivity contribution in [3.05, 3.63) is 28.2 Å². The van der Waals surface area contributed by atoms with Crippen LogP contribution in [0.25, 0.3) is 0 Å². The molecule has 0 spiro atoms. The molecule has 0 aliphatic rings. The molecule has 6 nitrogen and oxygen atoms in total. The zero-order valence-corrected chi connectivity index (χ0v) is 13.7. The van der Waals surface area contributed by atoms with Gasteiger partial charge in [-0.1, -0.05) is 29.3 Å². The van der Waals surface area contributed by atoms with E-state index in [1.165, 1.54) is 25.2 Å². The molecule has 0 aliphatic heterocycles. The van der Waals surface area contributed by atoms with Gasteiger partial charge in [0.25, 0.3) is 0 Å². The second-order valence-electron chi connectivity index (χ2n) is 4.33. The lowest BCUT2D eigenvalue weighted by molar-refractivity contribution is -0.142. The van der Waals surface area contributed by atoms with Gasteiger partial charge in [0.05, 0.1) is 16.7 Å². The smallest absolute Gasteiger partial charge is 0.329 e. The zero-order valence-electron chi connectivity index (χ0n) is 11.4. The molecule has 0 aromatic heterocycles. The molecule has 1 rings (SSSR count). The molecular formula is C12H15Cl2NO5S. The first-order valence-corrected chi connectivity index (χ1v) is 8.09. The molecule has 0 saturated heterocycles. The summed E-state index contributed by atoms with van der Waals surface area (Å²) in [5.41, 5.74) is 0. The van der Waals surface area contributed by atoms with Crippen molar-refractivity contribution in [3.63, 3.8) is 0 Å². The van der Waals surface area contributed by atoms with Crippen LogP contribution in [0.5, 0.6) is 0 Å². The van der Waals surface area contributed by atoms with Crippen LogP contribution < -0.4 is 0 Å². The Morgan fingerprint density at radius 3 is 2.62 bits per heavy atom. The van der Waals surface area contributed by atoms with E-state index in [0.29, 0.717) is 0 Å². The van der Waals surface area contributed by atoms with Gasteiger partial charge in [0.1, 0.15) is 11.5 Å². The SMILES string of the molecule is CC(COCC(=O)O)N(C)S(=O)(=O)c1cccc(Cl)c1Cl. The van der Waals surface area contributed by atoms with E-state index in [2.05, 4.69) is 0 Å². The molecule has 0 radical (unpaired) electrons. The van der Waals surface area contributed by atoms with Crippen molar-refractivity contribution in [3.8, 4) is 0 Å². The number of carboxylic acid groups (broad SMARTS) is 1. The number of hydrogen-bond acceptors (Lipinski definition) is 4. The van der Waals surface area contributed by atoms with E-state index in [-0.39, 0.29) is 21.5 Å². The maximum absolute atomic E-state index is 12.5. The Kier molecular flexibility index (Phi) is 6.42. The van der Waals surface area contributed by atoms with Crippen molar-refractivity contribution in [2.75, 3.05) is 20.3 Å². The average molecular weight is 356 g/mol. The third-order valence-electron chi connectivity index (χ3n) is 2.78. The molecule has 0 heterocycles. The van der Waals surface area contributed by atoms with Crippen molar-refractivity contribution in [2.24, 2.45) is 0 Å². The average Bonchev–Trinajstić information content (AvgIpc) is 2.40. The van der Waals surface area contributed by atoms with Gasteiger partial charge >= 0.3 is 5.97 Å². The third-order valence-corrected chi connectivity index (χ3v) is 5.72. The summed E-state index contributed by atoms with van der Waals surface area (Å²) in [4.78, 5) is 10.3. The first-order chi connectivity index (χ1) is 9.67. The number of ether oxygens (including phenoxy) is 1. The predicted octanol–water partition coefficient (Wildman–Crippen LogP) is 2.10. The molecule has 118 valence electrons. The van der Waals surface area contributed by atoms with E-state index in [4.69, 9.17) is 33.0 Å². The molecule has 1 atom stereocenters. The summed E-state index contributed by atoms with van der Waals surface area (Å²) < 4.78 is 30.9. The van der Waals surface area contributed by atoms with Gasteiger partial charge in [0, 0.05) is 13.1 Å². The van der Waals surface area contributed by atoms with Gasteiger partial charge in [0.15, 0.2) is 0 Å². The van der Waals surface area contributed by atoms with Crippen LogP contribution in [0.15, 0.2) is 23.1 Å². The number of carboxylic acids is 1. The van der Waals surface area contributed by atoms with Crippen LogP contribution >= 0.6 is 23.2 Å². The molecule has 1 aromatic rings. The van der Waals surface area contributed by atoms with E-state index < -0.39 is 28.6 Å². The molecule has 1 N–H and O–H groups in total. The lowest BCUT2D eigenvalue weighted by atomic mass is 10.4. The Labute approximate surface area is 133 Å². The van der Waals surface area contributed by atoms with E-state index in [1.54, 1.807) is 6.92 Å². The summed E-state index contributed by atoms with van der Waals surface area (Å²) in [6, 6.07) is 3.76. The van der Waals surface area contributed by atoms with Crippen molar-refractivity contribution >= 4 is 39.2 Å². The monoisotopic (exact) mass is 355 g/mol. The number of halogens is 2. The van der Waals surface area contributed by atoms with Crippen LogP contribution in [0.1, 0.15) is 6.92 Å². The maximum Gasteiger partial charge on any atom is 0.329 e. The minimum atomic E-state index is -3.85. The highest BCUT2D eigenvalue weighted by molar-refractivity contribution is 7.89. The van der Waals surface area contributed by atoms with Crippen molar-refractivity contribution in [2.45, 2.75) is 17.9 Å². The van der Waals surface area contributed by atoms with E-state index >= 15 is 0 Å². The molecule has 1 unspecified atom stereocenters. The summed E-state index contributed by atoms with van der Waals surface area (Å²) >= 11 is 11.7. The number of hydrogen-bond donors (Lipinski definition) is 1. The molecular weight excluding hydrogens is 341 g/mol. The molecule has 21 heavy (non-hydrogen) atoms. The van der Waals surface area contributed by atoms with Gasteiger partial charge < -0.3 is 9.84 Å². The molecule has 0 saturated carbocycles. The second-order valence-corrected chi connectivity index (χ2v) is 7.08. The maximum atomic E-state index is 12.5. The van der Waals surface area contributed by atoms with Gasteiger partial charge in [-0.25, -0.2) is 13.2 Å². The number of likely N-dealkylation sites (N-methyl/N-ethyl adjacent to an activating group) is 1. The van der Waals surface area contributed by atoms with Gasteiger partial charge in [-0.05, 0) is 19.1 Å². The lowest BCUT2D eigenvalue weighted by Gasteiger charge is -2.24. The van der Waals surface area contributed by atoms with Crippen LogP contribution in [0, 0.1) is 0 Å². The summed E-state index contributed by atoms with van der Waals surface area (Å²) in [5, 5.41) is 8.57. The van der Waals surface area contributed by atoms with Crippen molar-refractivity contribution in [1.82, 2.24) is 4.31 Å². The number of carbonyl (C=O) groups is 1. The van der Waals surface area contributed by atoms with Gasteiger partial charge in [-0.15, -0.1) is 0 Å². The fourth-order valence-corrected chi connectivity index (χ4v) is 3.58. The Bertz CT molecular complexity index is 620. The molecule has 0 fully saturated rings. The van der Waals surface area contributed by atoms with Crippen molar-refractivity contribution in [1.29, 1.82) is 0 Å². The molecule has 0 bridgehead atoms. The van der Waals surface area contributed by atoms with Gasteiger partial charge in [-0.2, -0.15) is 4.31 Å². The normalized spacial score (nSPS) is 13.4. The van der Waals surface area contributed by atoms with E-state index in [1.807, 2.05) is 0 Å². The van der Waals surface area contributed by atoms with Crippen LogP contribution in [0.4, 0.5) is 0 Å². The van der Waals surface area contributed by atoms with E-state index in [9.17, 15) is 13.2 Å². The summed E-state index contributed by atoms with van der Waals surface area (Å²) in [5.74, 6) is -1.12. The molecule has 1 aromatic carbocycles. The standard InChI is InChI=1S/C12H15Cl2NO5S/c1-8(6-20-7-11(16)17)15(2)21(18,19)10-5-3-4-9(13)12(10)14/h3-5,8H,6-7H2,1-2H3,(H,16,17). The summed E-state index contributed by atoms with van der Waals surface area (Å²) in [6.45, 7) is 1.05. The largest absolute Gasteiger partial charge is 0.480 e. The van der Waals surface area contributed by atoms with Crippen LogP contribution in [0.2, 0.25) is 10.0 Å². The first-order valence-electron chi connectivity index (χ1n) is 5.89. The van der Waals surface area contributed by atoms with Gasteiger partial charge in [-0.3, -0.25) is 0 Å².